The maximum absolute atomic E-state index is 12.6. The summed E-state index contributed by atoms with van der Waals surface area (Å²) in [5, 5.41) is 15.9. The molecule has 0 aliphatic carbocycles. The molecule has 0 bridgehead atoms. The van der Waals surface area contributed by atoms with E-state index in [1.807, 2.05) is 0 Å². The number of carboxylic acids is 1. The molecule has 2 aromatic rings. The molecule has 1 saturated heterocycles. The number of piperidine rings is 1. The Kier molecular flexibility index (Phi) is 3.92. The number of rotatable bonds is 4. The molecule has 0 saturated carbocycles. The molecule has 2 aromatic heterocycles. The third-order valence-electron chi connectivity index (χ3n) is 3.70. The number of carboxylic acid groups (broad SMARTS) is 1. The summed E-state index contributed by atoms with van der Waals surface area (Å²) >= 11 is 0. The van der Waals surface area contributed by atoms with Crippen molar-refractivity contribution < 1.29 is 14.7 Å². The Morgan fingerprint density at radius 1 is 1.39 bits per heavy atom. The molecule has 9 nitrogen and oxygen atoms in total. The highest BCUT2D eigenvalue weighted by Gasteiger charge is 2.31. The first kappa shape index (κ1) is 14.9. The molecule has 0 radical (unpaired) electrons. The Labute approximate surface area is 132 Å². The van der Waals surface area contributed by atoms with Crippen LogP contribution >= 0.6 is 0 Å². The van der Waals surface area contributed by atoms with Gasteiger partial charge in [0.2, 0.25) is 0 Å². The van der Waals surface area contributed by atoms with E-state index < -0.39 is 12.0 Å². The number of anilines is 2. The van der Waals surface area contributed by atoms with Crippen molar-refractivity contribution in [2.75, 3.05) is 16.8 Å². The van der Waals surface area contributed by atoms with Crippen molar-refractivity contribution in [1.29, 1.82) is 0 Å². The Morgan fingerprint density at radius 2 is 2.22 bits per heavy atom. The third kappa shape index (κ3) is 2.98. The molecule has 9 heteroatoms. The number of carbonyl (C=O) groups is 2. The Bertz CT molecular complexity index is 726. The zero-order valence-corrected chi connectivity index (χ0v) is 12.5. The van der Waals surface area contributed by atoms with Gasteiger partial charge in [-0.15, -0.1) is 0 Å². The average molecular weight is 316 g/mol. The van der Waals surface area contributed by atoms with Gasteiger partial charge >= 0.3 is 5.97 Å². The van der Waals surface area contributed by atoms with Crippen LogP contribution in [-0.2, 0) is 11.8 Å². The quantitative estimate of drug-likeness (QED) is 0.845. The van der Waals surface area contributed by atoms with Gasteiger partial charge in [0.1, 0.15) is 17.7 Å². The van der Waals surface area contributed by atoms with Crippen LogP contribution in [0.2, 0.25) is 0 Å². The second-order valence-electron chi connectivity index (χ2n) is 5.23. The van der Waals surface area contributed by atoms with Gasteiger partial charge in [-0.3, -0.25) is 14.4 Å². The van der Waals surface area contributed by atoms with E-state index in [4.69, 9.17) is 5.11 Å². The van der Waals surface area contributed by atoms with E-state index in [0.29, 0.717) is 18.8 Å². The van der Waals surface area contributed by atoms with Gasteiger partial charge in [-0.2, -0.15) is 5.10 Å². The minimum atomic E-state index is -1.14. The highest BCUT2D eigenvalue weighted by Crippen LogP contribution is 2.21. The smallest absolute Gasteiger partial charge is 0.356 e. The standard InChI is InChI=1S/C14H16N6O3/c1-19-12(4-5-17-19)20-6-2-3-9(13(20)21)18-11-8-15-10(7-16-11)14(22)23/h4-5,7-9H,2-3,6H2,1H3,(H,16,18)(H,22,23). The lowest BCUT2D eigenvalue weighted by molar-refractivity contribution is -0.120. The van der Waals surface area contributed by atoms with Crippen LogP contribution in [0.5, 0.6) is 0 Å². The van der Waals surface area contributed by atoms with E-state index in [-0.39, 0.29) is 11.6 Å². The fourth-order valence-corrected chi connectivity index (χ4v) is 2.56. The number of aryl methyl sites for hydroxylation is 1. The first-order chi connectivity index (χ1) is 11.1. The molecule has 2 N–H and O–H groups in total. The first-order valence-corrected chi connectivity index (χ1v) is 7.17. The molecule has 1 fully saturated rings. The van der Waals surface area contributed by atoms with Gasteiger partial charge in [-0.1, -0.05) is 0 Å². The van der Waals surface area contributed by atoms with Crippen molar-refractivity contribution >= 4 is 23.5 Å². The molecule has 1 unspecified atom stereocenters. The van der Waals surface area contributed by atoms with Crippen molar-refractivity contribution in [2.24, 2.45) is 7.05 Å². The first-order valence-electron chi connectivity index (χ1n) is 7.17. The lowest BCUT2D eigenvalue weighted by atomic mass is 10.0. The van der Waals surface area contributed by atoms with Gasteiger partial charge in [0.25, 0.3) is 5.91 Å². The molecular weight excluding hydrogens is 300 g/mol. The topological polar surface area (TPSA) is 113 Å². The van der Waals surface area contributed by atoms with Crippen molar-refractivity contribution in [2.45, 2.75) is 18.9 Å². The van der Waals surface area contributed by atoms with E-state index in [1.165, 1.54) is 6.20 Å². The van der Waals surface area contributed by atoms with Crippen molar-refractivity contribution in [3.63, 3.8) is 0 Å². The highest BCUT2D eigenvalue weighted by molar-refractivity contribution is 5.98. The minimum absolute atomic E-state index is 0.0658. The summed E-state index contributed by atoms with van der Waals surface area (Å²) in [4.78, 5) is 32.9. The predicted molar refractivity (Wildman–Crippen MR) is 81.2 cm³/mol. The second-order valence-corrected chi connectivity index (χ2v) is 5.23. The maximum Gasteiger partial charge on any atom is 0.356 e. The van der Waals surface area contributed by atoms with Crippen LogP contribution in [0.1, 0.15) is 23.3 Å². The molecular formula is C14H16N6O3. The number of nitrogens with zero attached hydrogens (tertiary/aromatic N) is 5. The lowest BCUT2D eigenvalue weighted by Crippen LogP contribution is -2.48. The molecule has 1 amide bonds. The summed E-state index contributed by atoms with van der Waals surface area (Å²) in [7, 11) is 1.79. The van der Waals surface area contributed by atoms with Gasteiger partial charge in [0.15, 0.2) is 5.69 Å². The maximum atomic E-state index is 12.6. The summed E-state index contributed by atoms with van der Waals surface area (Å²) in [6.45, 7) is 0.639. The van der Waals surface area contributed by atoms with E-state index in [2.05, 4.69) is 20.4 Å². The third-order valence-corrected chi connectivity index (χ3v) is 3.70. The van der Waals surface area contributed by atoms with Gasteiger partial charge in [-0.05, 0) is 12.8 Å². The zero-order chi connectivity index (χ0) is 16.4. The van der Waals surface area contributed by atoms with Crippen LogP contribution in [0.3, 0.4) is 0 Å². The molecule has 120 valence electrons. The molecule has 23 heavy (non-hydrogen) atoms. The second kappa shape index (κ2) is 6.03. The summed E-state index contributed by atoms with van der Waals surface area (Å²) < 4.78 is 1.65. The number of nitrogens with one attached hydrogen (secondary N) is 1. The molecule has 3 heterocycles. The predicted octanol–water partition coefficient (Wildman–Crippen LogP) is 0.516. The number of hydrogen-bond donors (Lipinski definition) is 2. The fraction of sp³-hybridized carbons (Fsp3) is 0.357. The summed E-state index contributed by atoms with van der Waals surface area (Å²) in [5.74, 6) is -0.0850. The van der Waals surface area contributed by atoms with E-state index in [0.717, 1.165) is 18.4 Å². The Balaban J connectivity index is 1.74. The minimum Gasteiger partial charge on any atom is -0.476 e. The van der Waals surface area contributed by atoms with Crippen LogP contribution in [0.25, 0.3) is 0 Å². The monoisotopic (exact) mass is 316 g/mol. The van der Waals surface area contributed by atoms with E-state index >= 15 is 0 Å². The number of amides is 1. The van der Waals surface area contributed by atoms with E-state index in [1.54, 1.807) is 28.9 Å². The molecule has 1 atom stereocenters. The van der Waals surface area contributed by atoms with Crippen LogP contribution in [0, 0.1) is 0 Å². The van der Waals surface area contributed by atoms with Crippen molar-refractivity contribution in [3.8, 4) is 0 Å². The van der Waals surface area contributed by atoms with Crippen LogP contribution in [0.4, 0.5) is 11.6 Å². The Morgan fingerprint density at radius 3 is 2.83 bits per heavy atom. The van der Waals surface area contributed by atoms with Crippen molar-refractivity contribution in [1.82, 2.24) is 19.7 Å². The van der Waals surface area contributed by atoms with Gasteiger partial charge in [-0.25, -0.2) is 14.8 Å². The summed E-state index contributed by atoms with van der Waals surface area (Å²) in [5.41, 5.74) is -0.137. The number of hydrogen-bond acceptors (Lipinski definition) is 6. The summed E-state index contributed by atoms with van der Waals surface area (Å²) in [6.07, 6.45) is 5.65. The van der Waals surface area contributed by atoms with Gasteiger partial charge in [0, 0.05) is 19.7 Å². The van der Waals surface area contributed by atoms with Crippen LogP contribution in [0.15, 0.2) is 24.7 Å². The molecule has 3 rings (SSSR count). The van der Waals surface area contributed by atoms with E-state index in [9.17, 15) is 9.59 Å². The highest BCUT2D eigenvalue weighted by atomic mass is 16.4. The van der Waals surface area contributed by atoms with Gasteiger partial charge in [0.05, 0.1) is 18.6 Å². The largest absolute Gasteiger partial charge is 0.476 e. The normalized spacial score (nSPS) is 18.0. The molecule has 1 aliphatic rings. The molecule has 1 aliphatic heterocycles. The number of carbonyl (C=O) groups excluding carboxylic acids is 1. The molecule has 0 aromatic carbocycles. The van der Waals surface area contributed by atoms with Crippen LogP contribution < -0.4 is 10.2 Å². The SMILES string of the molecule is Cn1nccc1N1CCCC(Nc2cnc(C(=O)O)cn2)C1=O. The average Bonchev–Trinajstić information content (AvgIpc) is 2.96. The lowest BCUT2D eigenvalue weighted by Gasteiger charge is -2.32. The zero-order valence-electron chi connectivity index (χ0n) is 12.5. The van der Waals surface area contributed by atoms with Gasteiger partial charge < -0.3 is 10.4 Å². The molecule has 0 spiro atoms. The fourth-order valence-electron chi connectivity index (χ4n) is 2.56. The number of aromatic nitrogens is 4. The number of aromatic carboxylic acids is 1. The van der Waals surface area contributed by atoms with Crippen LogP contribution in [-0.4, -0.2) is 49.3 Å². The Hall–Kier alpha value is -2.97. The summed E-state index contributed by atoms with van der Waals surface area (Å²) in [6, 6.07) is 1.37. The van der Waals surface area contributed by atoms with Crippen molar-refractivity contribution in [3.05, 3.63) is 30.4 Å².